The summed E-state index contributed by atoms with van der Waals surface area (Å²) in [6, 6.07) is 6.85. The second-order valence-electron chi connectivity index (χ2n) is 10.4. The summed E-state index contributed by atoms with van der Waals surface area (Å²) < 4.78 is 5.54. The van der Waals surface area contributed by atoms with Crippen LogP contribution in [0.4, 0.5) is 0 Å². The van der Waals surface area contributed by atoms with Crippen molar-refractivity contribution in [2.24, 2.45) is 5.73 Å². The number of ketones is 1. The van der Waals surface area contributed by atoms with E-state index < -0.39 is 17.7 Å². The summed E-state index contributed by atoms with van der Waals surface area (Å²) in [5.74, 6) is -0.0108. The Bertz CT molecular complexity index is 935. The Morgan fingerprint density at radius 1 is 1.15 bits per heavy atom. The van der Waals surface area contributed by atoms with E-state index in [2.05, 4.69) is 29.3 Å². The lowest BCUT2D eigenvalue weighted by molar-refractivity contribution is -0.142. The number of ether oxygens (including phenoxy) is 1. The molecule has 3 atom stereocenters. The summed E-state index contributed by atoms with van der Waals surface area (Å²) in [6.07, 6.45) is 4.70. The maximum Gasteiger partial charge on any atom is 0.252 e. The maximum absolute atomic E-state index is 13.7. The predicted molar refractivity (Wildman–Crippen MR) is 127 cm³/mol. The topological polar surface area (TPSA) is 105 Å². The van der Waals surface area contributed by atoms with Crippen LogP contribution in [0.15, 0.2) is 24.3 Å². The van der Waals surface area contributed by atoms with Gasteiger partial charge in [-0.2, -0.15) is 0 Å². The molecule has 3 heterocycles. The highest BCUT2D eigenvalue weighted by molar-refractivity contribution is 6.01. The van der Waals surface area contributed by atoms with Crippen LogP contribution >= 0.6 is 0 Å². The number of rotatable bonds is 5. The van der Waals surface area contributed by atoms with Crippen molar-refractivity contribution in [1.29, 1.82) is 0 Å². The molecular weight excluding hydrogens is 432 g/mol. The third-order valence-electron chi connectivity index (χ3n) is 8.38. The minimum Gasteiger partial charge on any atom is -0.366 e. The molecule has 8 heteroatoms. The van der Waals surface area contributed by atoms with E-state index in [4.69, 9.17) is 10.5 Å². The van der Waals surface area contributed by atoms with Crippen LogP contribution in [0.1, 0.15) is 67.3 Å². The van der Waals surface area contributed by atoms with E-state index in [1.165, 1.54) is 5.56 Å². The monoisotopic (exact) mass is 468 g/mol. The van der Waals surface area contributed by atoms with Crippen molar-refractivity contribution >= 4 is 17.6 Å². The van der Waals surface area contributed by atoms with Gasteiger partial charge in [-0.25, -0.2) is 0 Å². The van der Waals surface area contributed by atoms with Gasteiger partial charge in [-0.1, -0.05) is 31.9 Å². The molecule has 1 aliphatic carbocycles. The van der Waals surface area contributed by atoms with Gasteiger partial charge in [0.2, 0.25) is 5.91 Å². The number of piperidine rings is 1. The zero-order valence-electron chi connectivity index (χ0n) is 20.0. The van der Waals surface area contributed by atoms with Crippen LogP contribution < -0.4 is 11.1 Å². The fourth-order valence-electron chi connectivity index (χ4n) is 6.33. The molecule has 4 fully saturated rings. The minimum absolute atomic E-state index is 0.00398. The van der Waals surface area contributed by atoms with Crippen molar-refractivity contribution in [3.63, 3.8) is 0 Å². The smallest absolute Gasteiger partial charge is 0.252 e. The molecule has 0 radical (unpaired) electrons. The number of carbonyl (C=O) groups is 3. The molecule has 8 nitrogen and oxygen atoms in total. The first kappa shape index (κ1) is 23.5. The first-order chi connectivity index (χ1) is 16.4. The van der Waals surface area contributed by atoms with E-state index in [1.54, 1.807) is 4.90 Å². The van der Waals surface area contributed by atoms with Crippen LogP contribution in [0.2, 0.25) is 0 Å². The fraction of sp³-hybridized carbons (Fsp3) is 0.654. The van der Waals surface area contributed by atoms with E-state index in [1.807, 2.05) is 12.1 Å². The van der Waals surface area contributed by atoms with Gasteiger partial charge in [-0.3, -0.25) is 14.4 Å². The second kappa shape index (κ2) is 9.40. The lowest BCUT2D eigenvalue weighted by Gasteiger charge is -2.35. The second-order valence-corrected chi connectivity index (χ2v) is 10.4. The molecule has 1 aromatic carbocycles. The van der Waals surface area contributed by atoms with Gasteiger partial charge in [0.15, 0.2) is 5.78 Å². The molecule has 0 aromatic heterocycles. The van der Waals surface area contributed by atoms with Crippen LogP contribution in [0.25, 0.3) is 0 Å². The summed E-state index contributed by atoms with van der Waals surface area (Å²) in [4.78, 5) is 43.4. The van der Waals surface area contributed by atoms with Gasteiger partial charge in [0.25, 0.3) is 5.91 Å². The number of hydrogen-bond donors (Lipinski definition) is 2. The van der Waals surface area contributed by atoms with E-state index in [9.17, 15) is 14.4 Å². The number of nitrogens with zero attached hydrogens (tertiary/aromatic N) is 2. The lowest BCUT2D eigenvalue weighted by Crippen LogP contribution is -2.60. The quantitative estimate of drug-likeness (QED) is 0.678. The Hall–Kier alpha value is -2.29. The molecule has 3 saturated heterocycles. The normalized spacial score (nSPS) is 29.4. The highest BCUT2D eigenvalue weighted by Gasteiger charge is 2.55. The molecular formula is C26H36N4O4. The first-order valence-electron chi connectivity index (χ1n) is 12.8. The number of benzene rings is 1. The third kappa shape index (κ3) is 4.16. The predicted octanol–water partition coefficient (Wildman–Crippen LogP) is 1.43. The highest BCUT2D eigenvalue weighted by atomic mass is 16.5. The largest absolute Gasteiger partial charge is 0.366 e. The molecule has 3 N–H and O–H groups in total. The maximum atomic E-state index is 13.7. The van der Waals surface area contributed by atoms with E-state index >= 15 is 0 Å². The minimum atomic E-state index is -0.986. The van der Waals surface area contributed by atoms with Crippen LogP contribution in [-0.4, -0.2) is 83.9 Å². The van der Waals surface area contributed by atoms with Gasteiger partial charge >= 0.3 is 0 Å². The average molecular weight is 469 g/mol. The molecule has 1 aromatic rings. The number of Topliss-reactive ketones (excluding diaryl/α,β-unsaturated/α-hetero) is 1. The van der Waals surface area contributed by atoms with Crippen molar-refractivity contribution in [1.82, 2.24) is 15.1 Å². The Labute approximate surface area is 201 Å². The molecule has 4 aliphatic rings. The molecule has 34 heavy (non-hydrogen) atoms. The number of hydrogen-bond acceptors (Lipinski definition) is 6. The van der Waals surface area contributed by atoms with Crippen molar-refractivity contribution in [2.45, 2.75) is 75.1 Å². The SMILES string of the molecule is CCN1CCC(c2ccc(C(=O)NC3(C(=O)N4C[C@H](N)[C@H]5OCC(=O)[C@H]54)CCCC3)cc2)CC1. The van der Waals surface area contributed by atoms with Gasteiger partial charge in [-0.15, -0.1) is 0 Å². The lowest BCUT2D eigenvalue weighted by atomic mass is 9.89. The zero-order valence-corrected chi connectivity index (χ0v) is 20.0. The van der Waals surface area contributed by atoms with E-state index in [0.717, 1.165) is 45.3 Å². The number of fused-ring (bicyclic) bond motifs is 1. The number of nitrogens with two attached hydrogens (primary N) is 1. The number of carbonyl (C=O) groups excluding carboxylic acids is 3. The summed E-state index contributed by atoms with van der Waals surface area (Å²) in [5, 5.41) is 3.08. The molecule has 0 bridgehead atoms. The summed E-state index contributed by atoms with van der Waals surface area (Å²) in [6.45, 7) is 5.80. The van der Waals surface area contributed by atoms with Crippen molar-refractivity contribution in [3.8, 4) is 0 Å². The van der Waals surface area contributed by atoms with Crippen molar-refractivity contribution < 1.29 is 19.1 Å². The van der Waals surface area contributed by atoms with Gasteiger partial charge in [0.1, 0.15) is 24.3 Å². The van der Waals surface area contributed by atoms with E-state index in [0.29, 0.717) is 24.3 Å². The van der Waals surface area contributed by atoms with Gasteiger partial charge in [0, 0.05) is 12.1 Å². The summed E-state index contributed by atoms with van der Waals surface area (Å²) in [7, 11) is 0. The average Bonchev–Trinajstić information content (AvgIpc) is 3.57. The Morgan fingerprint density at radius 2 is 1.82 bits per heavy atom. The van der Waals surface area contributed by atoms with Crippen LogP contribution in [0.5, 0.6) is 0 Å². The van der Waals surface area contributed by atoms with Crippen LogP contribution in [0.3, 0.4) is 0 Å². The molecule has 2 amide bonds. The molecule has 1 saturated carbocycles. The number of likely N-dealkylation sites (tertiary alicyclic amines) is 2. The Balaban J connectivity index is 1.28. The molecule has 5 rings (SSSR count). The zero-order chi connectivity index (χ0) is 23.9. The van der Waals surface area contributed by atoms with Crippen molar-refractivity contribution in [2.75, 3.05) is 32.8 Å². The van der Waals surface area contributed by atoms with Gasteiger partial charge in [0.05, 0.1) is 6.04 Å². The standard InChI is InChI=1S/C26H36N4O4/c1-2-29-13-9-18(10-14-29)17-5-7-19(8-6-17)24(32)28-26(11-3-4-12-26)25(33)30-15-20(27)23-22(30)21(31)16-34-23/h5-8,18,20,22-23H,2-4,9-16,27H2,1H3,(H,28,32)/t20-,22+,23+/m0/s1. The first-order valence-corrected chi connectivity index (χ1v) is 12.8. The van der Waals surface area contributed by atoms with Gasteiger partial charge < -0.3 is 25.6 Å². The van der Waals surface area contributed by atoms with Crippen LogP contribution in [0, 0.1) is 0 Å². The van der Waals surface area contributed by atoms with Gasteiger partial charge in [-0.05, 0) is 68.9 Å². The van der Waals surface area contributed by atoms with Crippen LogP contribution in [-0.2, 0) is 14.3 Å². The molecule has 0 unspecified atom stereocenters. The number of nitrogens with one attached hydrogen (secondary N) is 1. The summed E-state index contributed by atoms with van der Waals surface area (Å²) in [5.41, 5.74) is 7.02. The molecule has 184 valence electrons. The number of amides is 2. The fourth-order valence-corrected chi connectivity index (χ4v) is 6.33. The van der Waals surface area contributed by atoms with Crippen molar-refractivity contribution in [3.05, 3.63) is 35.4 Å². The Morgan fingerprint density at radius 3 is 2.47 bits per heavy atom. The Kier molecular flexibility index (Phi) is 6.48. The van der Waals surface area contributed by atoms with E-state index in [-0.39, 0.29) is 36.8 Å². The highest BCUT2D eigenvalue weighted by Crippen LogP contribution is 2.36. The molecule has 0 spiro atoms. The molecule has 3 aliphatic heterocycles. The third-order valence-corrected chi connectivity index (χ3v) is 8.38. The summed E-state index contributed by atoms with van der Waals surface area (Å²) >= 11 is 0.